The van der Waals surface area contributed by atoms with Crippen molar-refractivity contribution in [3.05, 3.63) is 35.6 Å². The average molecular weight is 278 g/mol. The van der Waals surface area contributed by atoms with E-state index in [4.69, 9.17) is 0 Å². The summed E-state index contributed by atoms with van der Waals surface area (Å²) >= 11 is 0. The number of aliphatic hydroxyl groups is 1. The third-order valence-corrected chi connectivity index (χ3v) is 3.90. The molecular formula is C14H15FN2O3. The van der Waals surface area contributed by atoms with Crippen LogP contribution in [0.2, 0.25) is 0 Å². The van der Waals surface area contributed by atoms with Crippen molar-refractivity contribution in [1.82, 2.24) is 9.80 Å². The molecule has 6 heteroatoms. The lowest BCUT2D eigenvalue weighted by atomic mass is 10.1. The molecule has 0 unspecified atom stereocenters. The second-order valence-corrected chi connectivity index (χ2v) is 5.12. The molecule has 0 radical (unpaired) electrons. The van der Waals surface area contributed by atoms with Crippen LogP contribution in [0.1, 0.15) is 24.5 Å². The van der Waals surface area contributed by atoms with E-state index in [1.165, 1.54) is 23.1 Å². The monoisotopic (exact) mass is 278 g/mol. The molecule has 1 N–H and O–H groups in total. The number of imide groups is 1. The highest BCUT2D eigenvalue weighted by Gasteiger charge is 2.47. The van der Waals surface area contributed by atoms with Crippen LogP contribution in [0.4, 0.5) is 9.18 Å². The zero-order valence-corrected chi connectivity index (χ0v) is 10.8. The predicted molar refractivity (Wildman–Crippen MR) is 68.2 cm³/mol. The van der Waals surface area contributed by atoms with Gasteiger partial charge in [0.2, 0.25) is 0 Å². The quantitative estimate of drug-likeness (QED) is 0.847. The van der Waals surface area contributed by atoms with Crippen LogP contribution < -0.4 is 0 Å². The zero-order valence-electron chi connectivity index (χ0n) is 10.8. The van der Waals surface area contributed by atoms with Crippen LogP contribution in [0.15, 0.2) is 24.3 Å². The lowest BCUT2D eigenvalue weighted by Gasteiger charge is -2.19. The smallest absolute Gasteiger partial charge is 0.327 e. The van der Waals surface area contributed by atoms with E-state index < -0.39 is 18.0 Å². The first-order chi connectivity index (χ1) is 9.59. The number of benzene rings is 1. The standard InChI is InChI=1S/C14H15FN2O3/c15-10-5-2-1-4-9(10)12(18)8-17-13(19)11-6-3-7-16(11)14(17)20/h1-2,4-5,11-12,18H,3,6-8H2/t11-,12+/m0/s1. The van der Waals surface area contributed by atoms with E-state index in [0.717, 1.165) is 11.3 Å². The van der Waals surface area contributed by atoms with Crippen LogP contribution >= 0.6 is 0 Å². The van der Waals surface area contributed by atoms with Gasteiger partial charge in [-0.2, -0.15) is 0 Å². The number of β-amino-alcohol motifs (C(OH)–C–C–N with tert-alkyl or cyclic N) is 1. The lowest BCUT2D eigenvalue weighted by Crippen LogP contribution is -2.36. The molecule has 0 saturated carbocycles. The van der Waals surface area contributed by atoms with E-state index in [-0.39, 0.29) is 24.0 Å². The van der Waals surface area contributed by atoms with Crippen molar-refractivity contribution in [3.8, 4) is 0 Å². The molecule has 0 aromatic heterocycles. The second-order valence-electron chi connectivity index (χ2n) is 5.12. The number of nitrogens with zero attached hydrogens (tertiary/aromatic N) is 2. The Labute approximate surface area is 115 Å². The van der Waals surface area contributed by atoms with E-state index in [2.05, 4.69) is 0 Å². The van der Waals surface area contributed by atoms with Crippen molar-refractivity contribution in [2.75, 3.05) is 13.1 Å². The summed E-state index contributed by atoms with van der Waals surface area (Å²) in [6, 6.07) is 5.04. The number of fused-ring (bicyclic) bond motifs is 1. The Kier molecular flexibility index (Phi) is 3.17. The minimum atomic E-state index is -1.20. The molecule has 5 nitrogen and oxygen atoms in total. The number of carbonyl (C=O) groups excluding carboxylic acids is 2. The van der Waals surface area contributed by atoms with E-state index >= 15 is 0 Å². The summed E-state index contributed by atoms with van der Waals surface area (Å²) in [5.41, 5.74) is 0.0974. The summed E-state index contributed by atoms with van der Waals surface area (Å²) in [6.07, 6.45) is 0.284. The van der Waals surface area contributed by atoms with Gasteiger partial charge in [-0.1, -0.05) is 18.2 Å². The zero-order chi connectivity index (χ0) is 14.3. The van der Waals surface area contributed by atoms with Crippen LogP contribution in [0, 0.1) is 5.82 Å². The van der Waals surface area contributed by atoms with Gasteiger partial charge in [-0.05, 0) is 18.9 Å². The molecule has 2 aliphatic heterocycles. The molecule has 2 atom stereocenters. The molecule has 106 valence electrons. The topological polar surface area (TPSA) is 60.9 Å². The van der Waals surface area contributed by atoms with Gasteiger partial charge in [0.05, 0.1) is 12.6 Å². The molecule has 2 aliphatic rings. The maximum Gasteiger partial charge on any atom is 0.327 e. The lowest BCUT2D eigenvalue weighted by molar-refractivity contribution is -0.129. The number of urea groups is 1. The Hall–Kier alpha value is -1.95. The Morgan fingerprint density at radius 2 is 2.10 bits per heavy atom. The molecule has 1 aromatic rings. The average Bonchev–Trinajstić information content (AvgIpc) is 2.99. The van der Waals surface area contributed by atoms with Gasteiger partial charge in [-0.25, -0.2) is 9.18 Å². The minimum absolute atomic E-state index is 0.0974. The van der Waals surface area contributed by atoms with Crippen LogP contribution in [0.3, 0.4) is 0 Å². The maximum atomic E-state index is 13.6. The normalized spacial score (nSPS) is 23.4. The van der Waals surface area contributed by atoms with Gasteiger partial charge in [0, 0.05) is 12.1 Å². The van der Waals surface area contributed by atoms with Crippen molar-refractivity contribution >= 4 is 11.9 Å². The summed E-state index contributed by atoms with van der Waals surface area (Å²) in [5.74, 6) is -0.831. The molecule has 0 bridgehead atoms. The summed E-state index contributed by atoms with van der Waals surface area (Å²) in [6.45, 7) is 0.368. The van der Waals surface area contributed by atoms with Crippen LogP contribution in [-0.4, -0.2) is 46.0 Å². The van der Waals surface area contributed by atoms with Gasteiger partial charge in [0.15, 0.2) is 0 Å². The fourth-order valence-electron chi connectivity index (χ4n) is 2.87. The first kappa shape index (κ1) is 13.1. The Bertz CT molecular complexity index is 541. The minimum Gasteiger partial charge on any atom is -0.386 e. The molecular weight excluding hydrogens is 263 g/mol. The highest BCUT2D eigenvalue weighted by Crippen LogP contribution is 2.29. The van der Waals surface area contributed by atoms with Crippen molar-refractivity contribution in [2.45, 2.75) is 25.0 Å². The SMILES string of the molecule is O=C1[C@@H]2CCCN2C(=O)N1C[C@@H](O)c1ccccc1F. The third-order valence-electron chi connectivity index (χ3n) is 3.90. The second kappa shape index (κ2) is 4.86. The van der Waals surface area contributed by atoms with Crippen molar-refractivity contribution < 1.29 is 19.1 Å². The molecule has 0 spiro atoms. The Balaban J connectivity index is 1.77. The highest BCUT2D eigenvalue weighted by atomic mass is 19.1. The van der Waals surface area contributed by atoms with E-state index in [0.29, 0.717) is 13.0 Å². The third kappa shape index (κ3) is 1.96. The van der Waals surface area contributed by atoms with Gasteiger partial charge >= 0.3 is 6.03 Å². The van der Waals surface area contributed by atoms with Gasteiger partial charge in [-0.15, -0.1) is 0 Å². The Morgan fingerprint density at radius 1 is 1.35 bits per heavy atom. The number of hydrogen-bond donors (Lipinski definition) is 1. The van der Waals surface area contributed by atoms with Crippen molar-refractivity contribution in [3.63, 3.8) is 0 Å². The van der Waals surface area contributed by atoms with Gasteiger partial charge in [0.25, 0.3) is 5.91 Å². The Morgan fingerprint density at radius 3 is 2.80 bits per heavy atom. The van der Waals surface area contributed by atoms with Crippen molar-refractivity contribution in [1.29, 1.82) is 0 Å². The van der Waals surface area contributed by atoms with E-state index in [1.807, 2.05) is 0 Å². The summed E-state index contributed by atoms with van der Waals surface area (Å²) in [7, 11) is 0. The summed E-state index contributed by atoms with van der Waals surface area (Å²) < 4.78 is 13.6. The van der Waals surface area contributed by atoms with Crippen LogP contribution in [0.25, 0.3) is 0 Å². The number of carbonyl (C=O) groups is 2. The molecule has 3 amide bonds. The fraction of sp³-hybridized carbons (Fsp3) is 0.429. The van der Waals surface area contributed by atoms with E-state index in [9.17, 15) is 19.1 Å². The van der Waals surface area contributed by atoms with Gasteiger partial charge in [-0.3, -0.25) is 9.69 Å². The van der Waals surface area contributed by atoms with Gasteiger partial charge in [0.1, 0.15) is 11.9 Å². The number of hydrogen-bond acceptors (Lipinski definition) is 3. The molecule has 1 aromatic carbocycles. The number of rotatable bonds is 3. The molecule has 0 aliphatic carbocycles. The first-order valence-electron chi connectivity index (χ1n) is 6.64. The molecule has 2 saturated heterocycles. The molecule has 2 heterocycles. The maximum absolute atomic E-state index is 13.6. The van der Waals surface area contributed by atoms with Gasteiger partial charge < -0.3 is 10.0 Å². The highest BCUT2D eigenvalue weighted by molar-refractivity contribution is 6.04. The van der Waals surface area contributed by atoms with Crippen LogP contribution in [0.5, 0.6) is 0 Å². The fourth-order valence-corrected chi connectivity index (χ4v) is 2.87. The molecule has 2 fully saturated rings. The summed E-state index contributed by atoms with van der Waals surface area (Å²) in [4.78, 5) is 26.7. The number of halogens is 1. The van der Waals surface area contributed by atoms with E-state index in [1.54, 1.807) is 6.07 Å². The molecule has 3 rings (SSSR count). The van der Waals surface area contributed by atoms with Crippen LogP contribution in [-0.2, 0) is 4.79 Å². The van der Waals surface area contributed by atoms with Crippen molar-refractivity contribution in [2.24, 2.45) is 0 Å². The number of aliphatic hydroxyl groups excluding tert-OH is 1. The molecule has 20 heavy (non-hydrogen) atoms. The largest absolute Gasteiger partial charge is 0.386 e. The predicted octanol–water partition coefficient (Wildman–Crippen LogP) is 1.29. The number of amides is 3. The first-order valence-corrected chi connectivity index (χ1v) is 6.64. The summed E-state index contributed by atoms with van der Waals surface area (Å²) in [5, 5.41) is 10.1.